The van der Waals surface area contributed by atoms with Gasteiger partial charge in [0.2, 0.25) is 0 Å². The predicted octanol–water partition coefficient (Wildman–Crippen LogP) is 11.8. The Bertz CT molecular complexity index is 624. The minimum atomic E-state index is 0.949. The van der Waals surface area contributed by atoms with Crippen molar-refractivity contribution in [3.05, 3.63) is 11.6 Å². The minimum Gasteiger partial charge on any atom is -0.0819 e. The normalized spacial score (nSPS) is 38.4. The molecule has 0 saturated heterocycles. The van der Waals surface area contributed by atoms with Crippen molar-refractivity contribution >= 4 is 0 Å². The number of hydrogen-bond donors (Lipinski definition) is 0. The van der Waals surface area contributed by atoms with Gasteiger partial charge in [0.05, 0.1) is 0 Å². The number of unbranched alkanes of at least 4 members (excludes halogenated alkanes) is 2. The summed E-state index contributed by atoms with van der Waals surface area (Å²) in [6, 6.07) is 0. The minimum absolute atomic E-state index is 0.949. The second kappa shape index (κ2) is 14.8. The van der Waals surface area contributed by atoms with Crippen LogP contribution in [0.3, 0.4) is 0 Å². The molecule has 5 unspecified atom stereocenters. The molecule has 0 spiro atoms. The van der Waals surface area contributed by atoms with Crippen molar-refractivity contribution in [3.63, 3.8) is 0 Å². The summed E-state index contributed by atoms with van der Waals surface area (Å²) in [7, 11) is 0. The fourth-order valence-corrected chi connectivity index (χ4v) is 9.84. The second-order valence-electron chi connectivity index (χ2n) is 14.6. The van der Waals surface area contributed by atoms with Crippen LogP contribution >= 0.6 is 0 Å². The fraction of sp³-hybridized carbons (Fsp3) is 0.944. The molecule has 0 heteroatoms. The fourth-order valence-electron chi connectivity index (χ4n) is 9.84. The average Bonchev–Trinajstić information content (AvgIpc) is 3.48. The Hall–Kier alpha value is -0.260. The first-order valence-electron chi connectivity index (χ1n) is 17.2. The van der Waals surface area contributed by atoms with Gasteiger partial charge in [-0.05, 0) is 98.7 Å². The third-order valence-electron chi connectivity index (χ3n) is 12.0. The third kappa shape index (κ3) is 7.88. The molecule has 208 valence electrons. The van der Waals surface area contributed by atoms with Gasteiger partial charge in [-0.1, -0.05) is 129 Å². The monoisotopic (exact) mass is 497 g/mol. The van der Waals surface area contributed by atoms with Crippen LogP contribution in [0.5, 0.6) is 0 Å². The van der Waals surface area contributed by atoms with E-state index in [1.54, 1.807) is 31.3 Å². The number of rotatable bonds is 7. The van der Waals surface area contributed by atoms with Gasteiger partial charge in [-0.3, -0.25) is 0 Å². The van der Waals surface area contributed by atoms with Gasteiger partial charge in [0.25, 0.3) is 0 Å². The van der Waals surface area contributed by atoms with E-state index in [1.165, 1.54) is 109 Å². The lowest BCUT2D eigenvalue weighted by molar-refractivity contribution is 0.159. The zero-order valence-corrected chi connectivity index (χ0v) is 25.1. The van der Waals surface area contributed by atoms with Crippen LogP contribution in [0, 0.1) is 53.3 Å². The van der Waals surface area contributed by atoms with Crippen LogP contribution in [0.15, 0.2) is 11.6 Å². The summed E-state index contributed by atoms with van der Waals surface area (Å²) in [5, 5.41) is 0. The van der Waals surface area contributed by atoms with Crippen molar-refractivity contribution in [1.82, 2.24) is 0 Å². The van der Waals surface area contributed by atoms with Crippen molar-refractivity contribution in [2.24, 2.45) is 53.3 Å². The molecule has 5 atom stereocenters. The Kier molecular flexibility index (Phi) is 11.8. The summed E-state index contributed by atoms with van der Waals surface area (Å²) in [4.78, 5) is 0. The number of hydrogen-bond acceptors (Lipinski definition) is 0. The van der Waals surface area contributed by atoms with Crippen molar-refractivity contribution in [1.29, 1.82) is 0 Å². The Morgan fingerprint density at radius 1 is 0.667 bits per heavy atom. The van der Waals surface area contributed by atoms with E-state index in [0.29, 0.717) is 0 Å². The average molecular weight is 497 g/mol. The van der Waals surface area contributed by atoms with E-state index in [1.807, 2.05) is 0 Å². The van der Waals surface area contributed by atoms with Crippen molar-refractivity contribution in [3.8, 4) is 0 Å². The molecular weight excluding hydrogens is 432 g/mol. The molecule has 0 amide bonds. The van der Waals surface area contributed by atoms with Crippen LogP contribution in [-0.4, -0.2) is 0 Å². The third-order valence-corrected chi connectivity index (χ3v) is 12.0. The SMILES string of the molecule is CC1=CC(C2CCCCC2)CC1C1CCC(C)CC1.CCCCCC1CCC(C)C1C1CCCCC1. The van der Waals surface area contributed by atoms with Crippen molar-refractivity contribution in [2.75, 3.05) is 0 Å². The summed E-state index contributed by atoms with van der Waals surface area (Å²) < 4.78 is 0. The molecule has 0 heterocycles. The van der Waals surface area contributed by atoms with Gasteiger partial charge in [0, 0.05) is 0 Å². The molecule has 0 N–H and O–H groups in total. The zero-order chi connectivity index (χ0) is 25.3. The summed E-state index contributed by atoms with van der Waals surface area (Å²) >= 11 is 0. The highest BCUT2D eigenvalue weighted by Crippen LogP contribution is 2.48. The lowest BCUT2D eigenvalue weighted by atomic mass is 9.71. The van der Waals surface area contributed by atoms with Crippen LogP contribution in [0.25, 0.3) is 0 Å². The smallest absolute Gasteiger partial charge is 0.0172 e. The van der Waals surface area contributed by atoms with Gasteiger partial charge in [-0.25, -0.2) is 0 Å². The van der Waals surface area contributed by atoms with Crippen molar-refractivity contribution in [2.45, 2.75) is 163 Å². The Labute approximate surface area is 227 Å². The Morgan fingerprint density at radius 3 is 1.94 bits per heavy atom. The van der Waals surface area contributed by atoms with E-state index in [4.69, 9.17) is 0 Å². The van der Waals surface area contributed by atoms with E-state index in [9.17, 15) is 0 Å². The molecule has 4 fully saturated rings. The molecule has 0 aromatic rings. The highest BCUT2D eigenvalue weighted by atomic mass is 14.4. The van der Waals surface area contributed by atoms with Crippen LogP contribution in [0.4, 0.5) is 0 Å². The molecule has 36 heavy (non-hydrogen) atoms. The summed E-state index contributed by atoms with van der Waals surface area (Å²) in [5.41, 5.74) is 1.76. The van der Waals surface area contributed by atoms with Gasteiger partial charge >= 0.3 is 0 Å². The first-order chi connectivity index (χ1) is 17.6. The lowest BCUT2D eigenvalue weighted by Gasteiger charge is -2.34. The van der Waals surface area contributed by atoms with E-state index in [2.05, 4.69) is 33.8 Å². The largest absolute Gasteiger partial charge is 0.0819 e. The van der Waals surface area contributed by atoms with E-state index >= 15 is 0 Å². The quantitative estimate of drug-likeness (QED) is 0.243. The predicted molar refractivity (Wildman–Crippen MR) is 159 cm³/mol. The maximum atomic E-state index is 2.69. The zero-order valence-electron chi connectivity index (χ0n) is 25.1. The Balaban J connectivity index is 0.000000170. The standard InChI is InChI=1S/C19H32.C17H32/c1-14-8-10-17(11-9-14)19-13-18(12-15(19)2)16-6-4-3-5-7-16;1-3-4-6-9-16-13-12-14(2)17(16)15-10-7-5-8-11-15/h12,14,16-19H,3-11,13H2,1-2H3;14-17H,3-13H2,1-2H3. The maximum Gasteiger partial charge on any atom is -0.0172 e. The maximum absolute atomic E-state index is 2.69. The molecule has 4 saturated carbocycles. The van der Waals surface area contributed by atoms with Crippen LogP contribution in [-0.2, 0) is 0 Å². The van der Waals surface area contributed by atoms with Crippen LogP contribution in [0.2, 0.25) is 0 Å². The first kappa shape index (κ1) is 28.7. The van der Waals surface area contributed by atoms with Gasteiger partial charge in [0.1, 0.15) is 0 Å². The highest BCUT2D eigenvalue weighted by Gasteiger charge is 2.38. The summed E-state index contributed by atoms with van der Waals surface area (Å²) in [6.45, 7) is 9.75. The molecule has 0 radical (unpaired) electrons. The van der Waals surface area contributed by atoms with Gasteiger partial charge in [0.15, 0.2) is 0 Å². The van der Waals surface area contributed by atoms with E-state index in [0.717, 1.165) is 53.3 Å². The molecular formula is C36H64. The Morgan fingerprint density at radius 2 is 1.31 bits per heavy atom. The highest BCUT2D eigenvalue weighted by molar-refractivity contribution is 5.16. The summed E-state index contributed by atoms with van der Waals surface area (Å²) in [6.07, 6.45) is 34.4. The molecule has 0 aliphatic heterocycles. The van der Waals surface area contributed by atoms with E-state index in [-0.39, 0.29) is 0 Å². The van der Waals surface area contributed by atoms with Crippen LogP contribution < -0.4 is 0 Å². The molecule has 5 aliphatic rings. The molecule has 0 nitrogen and oxygen atoms in total. The van der Waals surface area contributed by atoms with Crippen molar-refractivity contribution < 1.29 is 0 Å². The van der Waals surface area contributed by atoms with Gasteiger partial charge in [-0.2, -0.15) is 0 Å². The van der Waals surface area contributed by atoms with Crippen LogP contribution in [0.1, 0.15) is 163 Å². The van der Waals surface area contributed by atoms with Gasteiger partial charge in [-0.15, -0.1) is 0 Å². The number of allylic oxidation sites excluding steroid dienone is 2. The van der Waals surface area contributed by atoms with Gasteiger partial charge < -0.3 is 0 Å². The summed E-state index contributed by atoms with van der Waals surface area (Å²) in [5.74, 6) is 9.31. The second-order valence-corrected chi connectivity index (χ2v) is 14.6. The molecule has 0 aromatic heterocycles. The molecule has 0 aromatic carbocycles. The molecule has 0 bridgehead atoms. The molecule has 5 aliphatic carbocycles. The van der Waals surface area contributed by atoms with E-state index < -0.39 is 0 Å². The molecule has 5 rings (SSSR count). The topological polar surface area (TPSA) is 0 Å². The first-order valence-corrected chi connectivity index (χ1v) is 17.2. The lowest BCUT2D eigenvalue weighted by Crippen LogP contribution is -2.25.